The Morgan fingerprint density at radius 1 is 1.00 bits per heavy atom. The minimum atomic E-state index is -0.557. The van der Waals surface area contributed by atoms with Gasteiger partial charge in [-0.25, -0.2) is 8.78 Å². The zero-order valence-electron chi connectivity index (χ0n) is 12.7. The van der Waals surface area contributed by atoms with Gasteiger partial charge in [0.05, 0.1) is 6.04 Å². The van der Waals surface area contributed by atoms with Crippen LogP contribution in [0.3, 0.4) is 0 Å². The average molecular weight is 289 g/mol. The van der Waals surface area contributed by atoms with Gasteiger partial charge < -0.3 is 5.32 Å². The summed E-state index contributed by atoms with van der Waals surface area (Å²) in [5.74, 6) is -0.576. The van der Waals surface area contributed by atoms with Gasteiger partial charge in [0.1, 0.15) is 11.6 Å². The lowest BCUT2D eigenvalue weighted by Gasteiger charge is -2.19. The van der Waals surface area contributed by atoms with E-state index >= 15 is 0 Å². The highest BCUT2D eigenvalue weighted by atomic mass is 19.1. The molecule has 112 valence electrons. The van der Waals surface area contributed by atoms with E-state index in [2.05, 4.69) is 31.3 Å². The molecule has 1 nitrogen and oxygen atoms in total. The molecule has 1 N–H and O–H groups in total. The summed E-state index contributed by atoms with van der Waals surface area (Å²) in [6, 6.07) is 11.6. The van der Waals surface area contributed by atoms with Crippen LogP contribution in [0.2, 0.25) is 0 Å². The van der Waals surface area contributed by atoms with Crippen molar-refractivity contribution in [1.29, 1.82) is 0 Å². The van der Waals surface area contributed by atoms with E-state index in [0.717, 1.165) is 18.1 Å². The molecule has 21 heavy (non-hydrogen) atoms. The fraction of sp³-hybridized carbons (Fsp3) is 0.333. The molecule has 0 saturated heterocycles. The van der Waals surface area contributed by atoms with Crippen molar-refractivity contribution in [3.05, 3.63) is 70.8 Å². The van der Waals surface area contributed by atoms with E-state index in [0.29, 0.717) is 11.5 Å². The SMILES string of the molecule is CCC(C)c1ccc(C(NC)c2ccc(F)cc2F)cc1. The zero-order valence-corrected chi connectivity index (χ0v) is 12.7. The third kappa shape index (κ3) is 3.48. The summed E-state index contributed by atoms with van der Waals surface area (Å²) in [6.07, 6.45) is 1.08. The van der Waals surface area contributed by atoms with E-state index in [1.807, 2.05) is 12.1 Å². The summed E-state index contributed by atoms with van der Waals surface area (Å²) >= 11 is 0. The second-order valence-electron chi connectivity index (χ2n) is 5.36. The molecule has 2 atom stereocenters. The Kier molecular flexibility index (Phi) is 5.07. The summed E-state index contributed by atoms with van der Waals surface area (Å²) in [6.45, 7) is 4.34. The summed E-state index contributed by atoms with van der Waals surface area (Å²) in [7, 11) is 1.77. The maximum atomic E-state index is 14.0. The molecule has 0 heterocycles. The molecule has 2 aromatic carbocycles. The number of benzene rings is 2. The lowest BCUT2D eigenvalue weighted by Crippen LogP contribution is -2.19. The predicted molar refractivity (Wildman–Crippen MR) is 82.4 cm³/mol. The zero-order chi connectivity index (χ0) is 15.4. The molecule has 0 spiro atoms. The molecule has 0 bridgehead atoms. The Labute approximate surface area is 125 Å². The predicted octanol–water partition coefficient (Wildman–Crippen LogP) is 4.79. The first kappa shape index (κ1) is 15.6. The molecule has 0 fully saturated rings. The van der Waals surface area contributed by atoms with Crippen molar-refractivity contribution in [2.75, 3.05) is 7.05 Å². The van der Waals surface area contributed by atoms with Crippen LogP contribution in [-0.4, -0.2) is 7.05 Å². The van der Waals surface area contributed by atoms with E-state index in [4.69, 9.17) is 0 Å². The van der Waals surface area contributed by atoms with Gasteiger partial charge >= 0.3 is 0 Å². The standard InChI is InChI=1S/C18H21F2N/c1-4-12(2)13-5-7-14(8-6-13)18(21-3)16-10-9-15(19)11-17(16)20/h5-12,18,21H,4H2,1-3H3. The number of halogens is 2. The van der Waals surface area contributed by atoms with Gasteiger partial charge in [-0.05, 0) is 36.6 Å². The Hall–Kier alpha value is -1.74. The first-order valence-electron chi connectivity index (χ1n) is 7.28. The van der Waals surface area contributed by atoms with Crippen LogP contribution in [0.15, 0.2) is 42.5 Å². The summed E-state index contributed by atoms with van der Waals surface area (Å²) in [5, 5.41) is 3.10. The summed E-state index contributed by atoms with van der Waals surface area (Å²) in [4.78, 5) is 0. The fourth-order valence-corrected chi connectivity index (χ4v) is 2.49. The molecular weight excluding hydrogens is 268 g/mol. The third-order valence-corrected chi connectivity index (χ3v) is 4.01. The number of hydrogen-bond donors (Lipinski definition) is 1. The number of nitrogens with one attached hydrogen (secondary N) is 1. The molecule has 2 rings (SSSR count). The Morgan fingerprint density at radius 3 is 2.14 bits per heavy atom. The van der Waals surface area contributed by atoms with Crippen LogP contribution in [-0.2, 0) is 0 Å². The second kappa shape index (κ2) is 6.81. The van der Waals surface area contributed by atoms with Gasteiger partial charge in [0, 0.05) is 11.6 Å². The molecule has 0 radical (unpaired) electrons. The molecule has 0 amide bonds. The Balaban J connectivity index is 2.33. The number of rotatable bonds is 5. The van der Waals surface area contributed by atoms with Gasteiger partial charge in [-0.2, -0.15) is 0 Å². The Bertz CT molecular complexity index is 593. The van der Waals surface area contributed by atoms with Crippen molar-refractivity contribution in [1.82, 2.24) is 5.32 Å². The third-order valence-electron chi connectivity index (χ3n) is 4.01. The van der Waals surface area contributed by atoms with Crippen molar-refractivity contribution in [2.45, 2.75) is 32.2 Å². The maximum Gasteiger partial charge on any atom is 0.131 e. The quantitative estimate of drug-likeness (QED) is 0.834. The van der Waals surface area contributed by atoms with Crippen LogP contribution in [0.25, 0.3) is 0 Å². The van der Waals surface area contributed by atoms with Crippen molar-refractivity contribution < 1.29 is 8.78 Å². The van der Waals surface area contributed by atoms with Gasteiger partial charge in [-0.15, -0.1) is 0 Å². The topological polar surface area (TPSA) is 12.0 Å². The van der Waals surface area contributed by atoms with E-state index in [1.54, 1.807) is 7.05 Å². The van der Waals surface area contributed by atoms with E-state index in [1.165, 1.54) is 17.7 Å². The lowest BCUT2D eigenvalue weighted by molar-refractivity contribution is 0.551. The molecule has 0 aromatic heterocycles. The highest BCUT2D eigenvalue weighted by molar-refractivity contribution is 5.35. The molecule has 2 aromatic rings. The lowest BCUT2D eigenvalue weighted by atomic mass is 9.93. The van der Waals surface area contributed by atoms with Crippen LogP contribution >= 0.6 is 0 Å². The van der Waals surface area contributed by atoms with Gasteiger partial charge in [0.15, 0.2) is 0 Å². The average Bonchev–Trinajstić information content (AvgIpc) is 2.50. The molecule has 0 aliphatic carbocycles. The van der Waals surface area contributed by atoms with Crippen molar-refractivity contribution in [3.8, 4) is 0 Å². The minimum absolute atomic E-state index is 0.281. The van der Waals surface area contributed by atoms with Crippen LogP contribution < -0.4 is 5.32 Å². The Morgan fingerprint density at radius 2 is 1.62 bits per heavy atom. The first-order valence-corrected chi connectivity index (χ1v) is 7.28. The molecular formula is C18H21F2N. The first-order chi connectivity index (χ1) is 10.1. The van der Waals surface area contributed by atoms with Gasteiger partial charge in [-0.1, -0.05) is 44.2 Å². The monoisotopic (exact) mass is 289 g/mol. The summed E-state index contributed by atoms with van der Waals surface area (Å²) < 4.78 is 27.0. The highest BCUT2D eigenvalue weighted by Crippen LogP contribution is 2.27. The van der Waals surface area contributed by atoms with Crippen LogP contribution in [0.4, 0.5) is 8.78 Å². The number of hydrogen-bond acceptors (Lipinski definition) is 1. The second-order valence-corrected chi connectivity index (χ2v) is 5.36. The van der Waals surface area contributed by atoms with Crippen molar-refractivity contribution in [2.24, 2.45) is 0 Å². The van der Waals surface area contributed by atoms with Crippen molar-refractivity contribution in [3.63, 3.8) is 0 Å². The molecule has 2 unspecified atom stereocenters. The van der Waals surface area contributed by atoms with E-state index < -0.39 is 11.6 Å². The van der Waals surface area contributed by atoms with Crippen LogP contribution in [0.5, 0.6) is 0 Å². The van der Waals surface area contributed by atoms with Crippen molar-refractivity contribution >= 4 is 0 Å². The molecule has 0 aliphatic rings. The fourth-order valence-electron chi connectivity index (χ4n) is 2.49. The summed E-state index contributed by atoms with van der Waals surface area (Å²) in [5.41, 5.74) is 2.70. The minimum Gasteiger partial charge on any atom is -0.309 e. The highest BCUT2D eigenvalue weighted by Gasteiger charge is 2.17. The van der Waals surface area contributed by atoms with Gasteiger partial charge in [0.2, 0.25) is 0 Å². The molecule has 3 heteroatoms. The van der Waals surface area contributed by atoms with Crippen LogP contribution in [0.1, 0.15) is 48.9 Å². The van der Waals surface area contributed by atoms with Gasteiger partial charge in [0.25, 0.3) is 0 Å². The van der Waals surface area contributed by atoms with E-state index in [-0.39, 0.29) is 6.04 Å². The smallest absolute Gasteiger partial charge is 0.131 e. The molecule has 0 aliphatic heterocycles. The molecule has 0 saturated carbocycles. The largest absolute Gasteiger partial charge is 0.309 e. The maximum absolute atomic E-state index is 14.0. The van der Waals surface area contributed by atoms with E-state index in [9.17, 15) is 8.78 Å². The van der Waals surface area contributed by atoms with Crippen LogP contribution in [0, 0.1) is 11.6 Å². The van der Waals surface area contributed by atoms with Gasteiger partial charge in [-0.3, -0.25) is 0 Å². The normalized spacial score (nSPS) is 14.0.